The largest absolute Gasteiger partial charge is 0.493 e. The van der Waals surface area contributed by atoms with E-state index in [2.05, 4.69) is 15.3 Å². The fourth-order valence-electron chi connectivity index (χ4n) is 3.87. The third-order valence-electron chi connectivity index (χ3n) is 5.81. The van der Waals surface area contributed by atoms with Crippen molar-refractivity contribution in [1.29, 1.82) is 0 Å². The zero-order valence-corrected chi connectivity index (χ0v) is 20.8. The number of piperazine rings is 1. The fraction of sp³-hybridized carbons (Fsp3) is 0.261. The molecule has 1 aliphatic heterocycles. The van der Waals surface area contributed by atoms with E-state index in [1.165, 1.54) is 48.9 Å². The monoisotopic (exact) mass is 528 g/mol. The average molecular weight is 529 g/mol. The van der Waals surface area contributed by atoms with E-state index in [0.29, 0.717) is 18.9 Å². The van der Waals surface area contributed by atoms with Crippen LogP contribution in [0, 0.1) is 10.1 Å². The molecule has 37 heavy (non-hydrogen) atoms. The number of nitro benzene ring substituents is 1. The van der Waals surface area contributed by atoms with Crippen molar-refractivity contribution in [3.8, 4) is 11.5 Å². The summed E-state index contributed by atoms with van der Waals surface area (Å²) < 4.78 is 37.9. The molecule has 0 radical (unpaired) electrons. The van der Waals surface area contributed by atoms with Crippen LogP contribution >= 0.6 is 0 Å². The minimum absolute atomic E-state index is 0.0653. The van der Waals surface area contributed by atoms with Crippen molar-refractivity contribution in [3.05, 3.63) is 70.7 Å². The van der Waals surface area contributed by atoms with E-state index < -0.39 is 26.5 Å². The average Bonchev–Trinajstić information content (AvgIpc) is 2.93. The molecule has 0 atom stereocenters. The van der Waals surface area contributed by atoms with E-state index in [1.807, 2.05) is 4.90 Å². The van der Waals surface area contributed by atoms with Gasteiger partial charge in [0.25, 0.3) is 11.6 Å². The minimum Gasteiger partial charge on any atom is -0.493 e. The Bertz CT molecular complexity index is 1390. The van der Waals surface area contributed by atoms with Crippen LogP contribution in [0.3, 0.4) is 0 Å². The van der Waals surface area contributed by atoms with Crippen LogP contribution in [0.4, 0.5) is 17.2 Å². The van der Waals surface area contributed by atoms with Gasteiger partial charge in [0.2, 0.25) is 10.0 Å². The maximum Gasteiger partial charge on any atom is 0.286 e. The summed E-state index contributed by atoms with van der Waals surface area (Å²) in [5.74, 6) is 0.190. The number of hydrogen-bond donors (Lipinski definition) is 1. The molecule has 14 heteroatoms. The lowest BCUT2D eigenvalue weighted by atomic mass is 10.1. The molecule has 13 nitrogen and oxygen atoms in total. The van der Waals surface area contributed by atoms with Crippen LogP contribution in [-0.4, -0.2) is 73.9 Å². The fourth-order valence-corrected chi connectivity index (χ4v) is 5.29. The summed E-state index contributed by atoms with van der Waals surface area (Å²) in [5, 5.41) is 14.1. The molecule has 4 rings (SSSR count). The molecule has 1 N–H and O–H groups in total. The van der Waals surface area contributed by atoms with Crippen molar-refractivity contribution in [2.45, 2.75) is 4.90 Å². The number of aromatic nitrogens is 2. The molecular weight excluding hydrogens is 504 g/mol. The number of ether oxygens (including phenoxy) is 2. The van der Waals surface area contributed by atoms with Crippen LogP contribution in [0.1, 0.15) is 10.4 Å². The van der Waals surface area contributed by atoms with Crippen molar-refractivity contribution in [1.82, 2.24) is 14.3 Å². The first-order chi connectivity index (χ1) is 17.7. The van der Waals surface area contributed by atoms with Gasteiger partial charge in [-0.25, -0.2) is 13.4 Å². The molecule has 0 unspecified atom stereocenters. The van der Waals surface area contributed by atoms with Gasteiger partial charge in [-0.15, -0.1) is 0 Å². The Morgan fingerprint density at radius 2 is 1.68 bits per heavy atom. The highest BCUT2D eigenvalue weighted by atomic mass is 32.2. The quantitative estimate of drug-likeness (QED) is 0.339. The van der Waals surface area contributed by atoms with Gasteiger partial charge < -0.3 is 19.7 Å². The number of benzene rings is 2. The zero-order valence-electron chi connectivity index (χ0n) is 20.0. The smallest absolute Gasteiger partial charge is 0.286 e. The Labute approximate surface area is 212 Å². The van der Waals surface area contributed by atoms with Gasteiger partial charge in [0.15, 0.2) is 11.5 Å². The predicted octanol–water partition coefficient (Wildman–Crippen LogP) is 2.17. The first-order valence-electron chi connectivity index (χ1n) is 11.1. The molecule has 0 spiro atoms. The first kappa shape index (κ1) is 25.8. The molecule has 0 saturated carbocycles. The molecule has 2 heterocycles. The number of sulfonamides is 1. The van der Waals surface area contributed by atoms with E-state index in [1.54, 1.807) is 18.6 Å². The molecule has 1 aromatic heterocycles. The Hall–Kier alpha value is -4.30. The molecular formula is C23H24N6O7S. The van der Waals surface area contributed by atoms with Gasteiger partial charge in [0.1, 0.15) is 11.4 Å². The van der Waals surface area contributed by atoms with Crippen LogP contribution in [-0.2, 0) is 10.0 Å². The third kappa shape index (κ3) is 5.44. The second-order valence-corrected chi connectivity index (χ2v) is 9.85. The van der Waals surface area contributed by atoms with E-state index in [-0.39, 0.29) is 40.7 Å². The lowest BCUT2D eigenvalue weighted by Crippen LogP contribution is -2.48. The second-order valence-electron chi connectivity index (χ2n) is 7.91. The van der Waals surface area contributed by atoms with Crippen molar-refractivity contribution in [2.75, 3.05) is 50.6 Å². The first-order valence-corrected chi connectivity index (χ1v) is 12.5. The number of anilines is 2. The molecule has 1 saturated heterocycles. The van der Waals surface area contributed by atoms with Crippen LogP contribution < -0.4 is 19.7 Å². The lowest BCUT2D eigenvalue weighted by molar-refractivity contribution is -0.385. The Kier molecular flexibility index (Phi) is 7.50. The Balaban J connectivity index is 1.47. The van der Waals surface area contributed by atoms with Gasteiger partial charge in [-0.05, 0) is 24.3 Å². The summed E-state index contributed by atoms with van der Waals surface area (Å²) in [6.45, 7) is 1.49. The van der Waals surface area contributed by atoms with Gasteiger partial charge in [-0.1, -0.05) is 0 Å². The van der Waals surface area contributed by atoms with E-state index >= 15 is 0 Å². The SMILES string of the molecule is COc1cc(C(=O)Nc2ccc(S(=O)(=O)N3CCN(c4cnccn4)CC3)cc2)c([N+](=O)[O-])cc1OC. The summed E-state index contributed by atoms with van der Waals surface area (Å²) in [6.07, 6.45) is 4.79. The lowest BCUT2D eigenvalue weighted by Gasteiger charge is -2.34. The highest BCUT2D eigenvalue weighted by Gasteiger charge is 2.29. The van der Waals surface area contributed by atoms with Gasteiger partial charge in [0, 0.05) is 50.3 Å². The van der Waals surface area contributed by atoms with Crippen molar-refractivity contribution in [3.63, 3.8) is 0 Å². The molecule has 1 amide bonds. The number of carbonyl (C=O) groups excluding carboxylic acids is 1. The van der Waals surface area contributed by atoms with Crippen molar-refractivity contribution >= 4 is 33.1 Å². The van der Waals surface area contributed by atoms with Gasteiger partial charge >= 0.3 is 0 Å². The number of hydrogen-bond acceptors (Lipinski definition) is 10. The maximum atomic E-state index is 13.1. The van der Waals surface area contributed by atoms with Gasteiger partial charge in [-0.2, -0.15) is 4.31 Å². The van der Waals surface area contributed by atoms with Crippen LogP contribution in [0.5, 0.6) is 11.5 Å². The van der Waals surface area contributed by atoms with Crippen LogP contribution in [0.2, 0.25) is 0 Å². The summed E-state index contributed by atoms with van der Waals surface area (Å²) in [7, 11) is -1.09. The summed E-state index contributed by atoms with van der Waals surface area (Å²) in [6, 6.07) is 7.92. The highest BCUT2D eigenvalue weighted by Crippen LogP contribution is 2.35. The second kappa shape index (κ2) is 10.8. The maximum absolute atomic E-state index is 13.1. The number of methoxy groups -OCH3 is 2. The van der Waals surface area contributed by atoms with Crippen LogP contribution in [0.25, 0.3) is 0 Å². The number of rotatable bonds is 8. The molecule has 1 aliphatic rings. The number of nitrogens with one attached hydrogen (secondary N) is 1. The Morgan fingerprint density at radius 3 is 2.24 bits per heavy atom. The molecule has 0 aliphatic carbocycles. The number of nitro groups is 1. The number of nitrogens with zero attached hydrogens (tertiary/aromatic N) is 5. The van der Waals surface area contributed by atoms with Crippen molar-refractivity contribution < 1.29 is 27.6 Å². The number of carbonyl (C=O) groups is 1. The highest BCUT2D eigenvalue weighted by molar-refractivity contribution is 7.89. The van der Waals surface area contributed by atoms with E-state index in [4.69, 9.17) is 9.47 Å². The molecule has 2 aromatic carbocycles. The standard InChI is InChI=1S/C23H24N6O7S/c1-35-20-13-18(19(29(31)32)14-21(20)36-2)23(30)26-16-3-5-17(6-4-16)37(33,34)28-11-9-27(10-12-28)22-15-24-7-8-25-22/h3-8,13-15H,9-12H2,1-2H3,(H,26,30). The normalized spacial score (nSPS) is 14.2. The number of amides is 1. The predicted molar refractivity (Wildman–Crippen MR) is 134 cm³/mol. The van der Waals surface area contributed by atoms with Crippen LogP contribution in [0.15, 0.2) is 59.9 Å². The Morgan fingerprint density at radius 1 is 1.03 bits per heavy atom. The third-order valence-corrected chi connectivity index (χ3v) is 7.72. The molecule has 3 aromatic rings. The minimum atomic E-state index is -3.76. The summed E-state index contributed by atoms with van der Waals surface area (Å²) in [4.78, 5) is 34.0. The molecule has 0 bridgehead atoms. The van der Waals surface area contributed by atoms with Gasteiger partial charge in [0.05, 0.1) is 36.3 Å². The van der Waals surface area contributed by atoms with E-state index in [0.717, 1.165) is 6.07 Å². The van der Waals surface area contributed by atoms with Crippen molar-refractivity contribution in [2.24, 2.45) is 0 Å². The molecule has 194 valence electrons. The van der Waals surface area contributed by atoms with E-state index in [9.17, 15) is 23.3 Å². The van der Waals surface area contributed by atoms with Gasteiger partial charge in [-0.3, -0.25) is 19.9 Å². The summed E-state index contributed by atoms with van der Waals surface area (Å²) in [5.41, 5.74) is -0.434. The zero-order chi connectivity index (χ0) is 26.6. The summed E-state index contributed by atoms with van der Waals surface area (Å²) >= 11 is 0. The molecule has 1 fully saturated rings. The topological polar surface area (TPSA) is 157 Å².